The molecular formula is C23H26N4O2. The van der Waals surface area contributed by atoms with Crippen molar-refractivity contribution in [3.63, 3.8) is 0 Å². The zero-order valence-corrected chi connectivity index (χ0v) is 16.9. The average molecular weight is 390 g/mol. The third-order valence-electron chi connectivity index (χ3n) is 5.64. The van der Waals surface area contributed by atoms with Crippen molar-refractivity contribution in [3.05, 3.63) is 76.2 Å². The van der Waals surface area contributed by atoms with E-state index in [0.29, 0.717) is 16.9 Å². The number of benzene rings is 2. The maximum absolute atomic E-state index is 13.0. The molecule has 4 rings (SSSR count). The molecule has 1 N–H and O–H groups in total. The molecule has 1 amide bonds. The maximum Gasteiger partial charge on any atom is 0.295 e. The second kappa shape index (κ2) is 7.99. The third kappa shape index (κ3) is 3.70. The number of amides is 1. The first-order chi connectivity index (χ1) is 14.1. The van der Waals surface area contributed by atoms with Crippen LogP contribution in [0, 0.1) is 6.92 Å². The molecule has 2 heterocycles. The summed E-state index contributed by atoms with van der Waals surface area (Å²) in [4.78, 5) is 28.1. The Hall–Kier alpha value is -3.28. The molecule has 6 heteroatoms. The molecule has 0 saturated carbocycles. The van der Waals surface area contributed by atoms with Gasteiger partial charge in [0.05, 0.1) is 11.4 Å². The molecule has 0 aliphatic carbocycles. The first kappa shape index (κ1) is 19.1. The summed E-state index contributed by atoms with van der Waals surface area (Å²) in [6, 6.07) is 17.0. The Morgan fingerprint density at radius 1 is 0.897 bits per heavy atom. The van der Waals surface area contributed by atoms with Crippen molar-refractivity contribution in [2.75, 3.05) is 23.3 Å². The van der Waals surface area contributed by atoms with Gasteiger partial charge in [-0.05, 0) is 62.6 Å². The SMILES string of the molecule is Cc1c(NC(=O)c2ccc(N3CCCCC3)cc2)c(=O)n(-c2ccccc2)n1C. The number of hydrogen-bond acceptors (Lipinski definition) is 3. The quantitative estimate of drug-likeness (QED) is 0.739. The molecule has 1 aliphatic rings. The second-order valence-corrected chi connectivity index (χ2v) is 7.49. The topological polar surface area (TPSA) is 59.3 Å². The molecule has 6 nitrogen and oxygen atoms in total. The standard InChI is InChI=1S/C23H26N4O2/c1-17-21(23(29)27(25(17)2)20-9-5-3-6-10-20)24-22(28)18-11-13-19(14-12-18)26-15-7-4-8-16-26/h3,5-6,9-14H,4,7-8,15-16H2,1-2H3,(H,24,28). The van der Waals surface area contributed by atoms with Gasteiger partial charge in [-0.1, -0.05) is 18.2 Å². The second-order valence-electron chi connectivity index (χ2n) is 7.49. The van der Waals surface area contributed by atoms with Crippen LogP contribution in [0.5, 0.6) is 0 Å². The van der Waals surface area contributed by atoms with E-state index in [1.165, 1.54) is 19.3 Å². The highest BCUT2D eigenvalue weighted by Gasteiger charge is 2.19. The molecule has 1 aromatic heterocycles. The van der Waals surface area contributed by atoms with Crippen molar-refractivity contribution >= 4 is 17.3 Å². The Kier molecular flexibility index (Phi) is 5.25. The van der Waals surface area contributed by atoms with Gasteiger partial charge in [-0.25, -0.2) is 4.68 Å². The Morgan fingerprint density at radius 2 is 1.55 bits per heavy atom. The minimum Gasteiger partial charge on any atom is -0.372 e. The van der Waals surface area contributed by atoms with Gasteiger partial charge in [-0.15, -0.1) is 0 Å². The summed E-state index contributed by atoms with van der Waals surface area (Å²) in [6.07, 6.45) is 3.71. The fourth-order valence-corrected chi connectivity index (χ4v) is 3.87. The van der Waals surface area contributed by atoms with Crippen LogP contribution < -0.4 is 15.8 Å². The number of hydrogen-bond donors (Lipinski definition) is 1. The van der Waals surface area contributed by atoms with Crippen LogP contribution in [0.4, 0.5) is 11.4 Å². The molecule has 1 saturated heterocycles. The predicted molar refractivity (Wildman–Crippen MR) is 116 cm³/mol. The Labute approximate surface area is 170 Å². The fraction of sp³-hybridized carbons (Fsp3) is 0.304. The van der Waals surface area contributed by atoms with Crippen molar-refractivity contribution < 1.29 is 4.79 Å². The number of carbonyl (C=O) groups excluding carboxylic acids is 1. The van der Waals surface area contributed by atoms with Gasteiger partial charge in [-0.2, -0.15) is 0 Å². The van der Waals surface area contributed by atoms with Crippen molar-refractivity contribution in [3.8, 4) is 5.69 Å². The van der Waals surface area contributed by atoms with E-state index >= 15 is 0 Å². The highest BCUT2D eigenvalue weighted by Crippen LogP contribution is 2.21. The van der Waals surface area contributed by atoms with Crippen molar-refractivity contribution in [1.82, 2.24) is 9.36 Å². The van der Waals surface area contributed by atoms with Crippen molar-refractivity contribution in [2.24, 2.45) is 7.05 Å². The van der Waals surface area contributed by atoms with Crippen LogP contribution in [0.15, 0.2) is 59.4 Å². The summed E-state index contributed by atoms with van der Waals surface area (Å²) in [7, 11) is 1.81. The first-order valence-corrected chi connectivity index (χ1v) is 10.1. The Bertz CT molecular complexity index is 1060. The van der Waals surface area contributed by atoms with Gasteiger partial charge in [0, 0.05) is 31.4 Å². The van der Waals surface area contributed by atoms with E-state index in [-0.39, 0.29) is 11.5 Å². The normalized spacial score (nSPS) is 14.1. The van der Waals surface area contributed by atoms with Crippen molar-refractivity contribution in [2.45, 2.75) is 26.2 Å². The molecule has 0 bridgehead atoms. The van der Waals surface area contributed by atoms with Gasteiger partial charge >= 0.3 is 0 Å². The number of anilines is 2. The van der Waals surface area contributed by atoms with E-state index in [1.54, 1.807) is 9.36 Å². The summed E-state index contributed by atoms with van der Waals surface area (Å²) in [5.74, 6) is -0.277. The van der Waals surface area contributed by atoms with Gasteiger partial charge in [0.1, 0.15) is 5.69 Å². The molecule has 1 aliphatic heterocycles. The minimum absolute atomic E-state index is 0.241. The number of nitrogens with zero attached hydrogens (tertiary/aromatic N) is 3. The smallest absolute Gasteiger partial charge is 0.295 e. The van der Waals surface area contributed by atoms with E-state index in [1.807, 2.05) is 68.6 Å². The summed E-state index contributed by atoms with van der Waals surface area (Å²) >= 11 is 0. The summed E-state index contributed by atoms with van der Waals surface area (Å²) in [5, 5.41) is 2.82. The van der Waals surface area contributed by atoms with Gasteiger partial charge in [0.15, 0.2) is 0 Å². The monoisotopic (exact) mass is 390 g/mol. The average Bonchev–Trinajstić information content (AvgIpc) is 2.98. The van der Waals surface area contributed by atoms with Crippen molar-refractivity contribution in [1.29, 1.82) is 0 Å². The van der Waals surface area contributed by atoms with Gasteiger partial charge in [0.25, 0.3) is 11.5 Å². The summed E-state index contributed by atoms with van der Waals surface area (Å²) < 4.78 is 3.32. The zero-order valence-electron chi connectivity index (χ0n) is 16.9. The van der Waals surface area contributed by atoms with Crippen LogP contribution in [-0.2, 0) is 7.05 Å². The van der Waals surface area contributed by atoms with E-state index in [9.17, 15) is 9.59 Å². The van der Waals surface area contributed by atoms with Crippen LogP contribution in [0.2, 0.25) is 0 Å². The highest BCUT2D eigenvalue weighted by molar-refractivity contribution is 6.04. The molecular weight excluding hydrogens is 364 g/mol. The Balaban J connectivity index is 1.56. The molecule has 150 valence electrons. The molecule has 0 radical (unpaired) electrons. The number of nitrogens with one attached hydrogen (secondary N) is 1. The predicted octanol–water partition coefficient (Wildman–Crippen LogP) is 3.73. The molecule has 29 heavy (non-hydrogen) atoms. The van der Waals surface area contributed by atoms with E-state index < -0.39 is 0 Å². The lowest BCUT2D eigenvalue weighted by Gasteiger charge is -2.28. The molecule has 1 fully saturated rings. The van der Waals surface area contributed by atoms with Crippen LogP contribution in [-0.4, -0.2) is 28.4 Å². The number of rotatable bonds is 4. The van der Waals surface area contributed by atoms with Crippen LogP contribution >= 0.6 is 0 Å². The zero-order chi connectivity index (χ0) is 20.4. The minimum atomic E-state index is -0.277. The third-order valence-corrected chi connectivity index (χ3v) is 5.64. The summed E-state index contributed by atoms with van der Waals surface area (Å²) in [6.45, 7) is 3.96. The Morgan fingerprint density at radius 3 is 2.21 bits per heavy atom. The number of para-hydroxylation sites is 1. The maximum atomic E-state index is 13.0. The molecule has 3 aromatic rings. The van der Waals surface area contributed by atoms with Gasteiger partial charge < -0.3 is 10.2 Å². The molecule has 2 aromatic carbocycles. The van der Waals surface area contributed by atoms with Gasteiger partial charge in [-0.3, -0.25) is 14.3 Å². The number of carbonyl (C=O) groups is 1. The largest absolute Gasteiger partial charge is 0.372 e. The van der Waals surface area contributed by atoms with Crippen LogP contribution in [0.1, 0.15) is 35.3 Å². The fourth-order valence-electron chi connectivity index (χ4n) is 3.87. The molecule has 0 atom stereocenters. The highest BCUT2D eigenvalue weighted by atomic mass is 16.2. The molecule has 0 spiro atoms. The number of aromatic nitrogens is 2. The lowest BCUT2D eigenvalue weighted by atomic mass is 10.1. The molecule has 0 unspecified atom stereocenters. The summed E-state index contributed by atoms with van der Waals surface area (Å²) in [5.41, 5.74) is 3.21. The lowest BCUT2D eigenvalue weighted by Crippen LogP contribution is -2.29. The number of piperidine rings is 1. The first-order valence-electron chi connectivity index (χ1n) is 10.1. The van der Waals surface area contributed by atoms with Crippen LogP contribution in [0.3, 0.4) is 0 Å². The lowest BCUT2D eigenvalue weighted by molar-refractivity contribution is 0.102. The van der Waals surface area contributed by atoms with E-state index in [0.717, 1.165) is 24.5 Å². The van der Waals surface area contributed by atoms with E-state index in [2.05, 4.69) is 10.2 Å². The van der Waals surface area contributed by atoms with Crippen LogP contribution in [0.25, 0.3) is 5.69 Å². The van der Waals surface area contributed by atoms with E-state index in [4.69, 9.17) is 0 Å². The van der Waals surface area contributed by atoms with Gasteiger partial charge in [0.2, 0.25) is 0 Å².